The number of hydrogen-bond donors (Lipinski definition) is 0. The largest absolute Gasteiger partial charge is 0.494 e. The number of alkyl halides is 3. The molecule has 2 rings (SSSR count). The zero-order valence-corrected chi connectivity index (χ0v) is 12.5. The highest BCUT2D eigenvalue weighted by atomic mass is 32.2. The third kappa shape index (κ3) is 5.55. The molecule has 1 heterocycles. The number of halogens is 3. The van der Waals surface area contributed by atoms with Crippen molar-refractivity contribution in [3.05, 3.63) is 48.3 Å². The standard InChI is InChI=1S/C15H15F3N2OS/c16-15(17,18)12-5-3-6-13(11-12)21-9-1-2-10-22-14-19-7-4-8-20-14/h3-8,11H,1-2,9-10H2. The summed E-state index contributed by atoms with van der Waals surface area (Å²) in [6.45, 7) is 0.386. The number of thioether (sulfide) groups is 1. The topological polar surface area (TPSA) is 35.0 Å². The maximum Gasteiger partial charge on any atom is 0.416 e. The summed E-state index contributed by atoms with van der Waals surface area (Å²) in [5, 5.41) is 0.723. The van der Waals surface area contributed by atoms with E-state index in [-0.39, 0.29) is 5.75 Å². The average Bonchev–Trinajstić information content (AvgIpc) is 2.51. The molecular weight excluding hydrogens is 313 g/mol. The number of nitrogens with zero attached hydrogens (tertiary/aromatic N) is 2. The van der Waals surface area contributed by atoms with Crippen molar-refractivity contribution in [1.29, 1.82) is 0 Å². The van der Waals surface area contributed by atoms with Crippen LogP contribution in [0.15, 0.2) is 47.9 Å². The zero-order valence-electron chi connectivity index (χ0n) is 11.7. The fourth-order valence-corrected chi connectivity index (χ4v) is 2.48. The van der Waals surface area contributed by atoms with Gasteiger partial charge in [-0.05, 0) is 37.1 Å². The van der Waals surface area contributed by atoms with Crippen LogP contribution in [0, 0.1) is 0 Å². The summed E-state index contributed by atoms with van der Waals surface area (Å²) < 4.78 is 43.0. The maximum absolute atomic E-state index is 12.5. The van der Waals surface area contributed by atoms with E-state index in [1.54, 1.807) is 30.2 Å². The Morgan fingerprint density at radius 3 is 2.55 bits per heavy atom. The molecule has 0 atom stereocenters. The van der Waals surface area contributed by atoms with E-state index < -0.39 is 11.7 Å². The van der Waals surface area contributed by atoms with E-state index in [1.807, 2.05) is 0 Å². The molecule has 3 nitrogen and oxygen atoms in total. The molecule has 1 aromatic heterocycles. The molecule has 0 N–H and O–H groups in total. The van der Waals surface area contributed by atoms with Crippen LogP contribution in [-0.2, 0) is 6.18 Å². The van der Waals surface area contributed by atoms with Crippen molar-refractivity contribution < 1.29 is 17.9 Å². The first-order chi connectivity index (χ1) is 10.6. The lowest BCUT2D eigenvalue weighted by atomic mass is 10.2. The lowest BCUT2D eigenvalue weighted by Gasteiger charge is -2.10. The van der Waals surface area contributed by atoms with Crippen molar-refractivity contribution >= 4 is 11.8 Å². The van der Waals surface area contributed by atoms with Crippen LogP contribution in [0.5, 0.6) is 5.75 Å². The third-order valence-electron chi connectivity index (χ3n) is 2.74. The van der Waals surface area contributed by atoms with Crippen LogP contribution >= 0.6 is 11.8 Å². The van der Waals surface area contributed by atoms with Gasteiger partial charge in [0.25, 0.3) is 0 Å². The van der Waals surface area contributed by atoms with Gasteiger partial charge in [-0.2, -0.15) is 13.2 Å². The predicted octanol–water partition coefficient (Wildman–Crippen LogP) is 4.45. The van der Waals surface area contributed by atoms with E-state index in [9.17, 15) is 13.2 Å². The first-order valence-corrected chi connectivity index (χ1v) is 7.74. The Morgan fingerprint density at radius 2 is 1.82 bits per heavy atom. The lowest BCUT2D eigenvalue weighted by Crippen LogP contribution is -2.05. The molecule has 118 valence electrons. The van der Waals surface area contributed by atoms with Gasteiger partial charge in [-0.1, -0.05) is 17.8 Å². The summed E-state index contributed by atoms with van der Waals surface area (Å²) in [7, 11) is 0. The summed E-state index contributed by atoms with van der Waals surface area (Å²) in [4.78, 5) is 8.18. The highest BCUT2D eigenvalue weighted by molar-refractivity contribution is 7.99. The van der Waals surface area contributed by atoms with Crippen LogP contribution in [-0.4, -0.2) is 22.3 Å². The SMILES string of the molecule is FC(F)(F)c1cccc(OCCCCSc2ncccn2)c1. The van der Waals surface area contributed by atoms with Crippen LogP contribution < -0.4 is 4.74 Å². The third-order valence-corrected chi connectivity index (χ3v) is 3.70. The van der Waals surface area contributed by atoms with Crippen molar-refractivity contribution in [2.45, 2.75) is 24.2 Å². The second kappa shape index (κ2) is 8.03. The Bertz CT molecular complexity index is 579. The first kappa shape index (κ1) is 16.6. The molecule has 0 aliphatic rings. The maximum atomic E-state index is 12.5. The number of rotatable bonds is 7. The van der Waals surface area contributed by atoms with Gasteiger partial charge in [-0.3, -0.25) is 0 Å². The number of aromatic nitrogens is 2. The molecule has 0 bridgehead atoms. The highest BCUT2D eigenvalue weighted by Crippen LogP contribution is 2.31. The number of ether oxygens (including phenoxy) is 1. The second-order valence-corrected chi connectivity index (χ2v) is 5.52. The molecule has 1 aromatic carbocycles. The summed E-state index contributed by atoms with van der Waals surface area (Å²) in [6, 6.07) is 6.69. The molecule has 0 amide bonds. The van der Waals surface area contributed by atoms with Gasteiger partial charge < -0.3 is 4.74 Å². The Kier molecular flexibility index (Phi) is 6.06. The van der Waals surface area contributed by atoms with Crippen LogP contribution in [0.4, 0.5) is 13.2 Å². The van der Waals surface area contributed by atoms with Crippen LogP contribution in [0.25, 0.3) is 0 Å². The molecule has 7 heteroatoms. The van der Waals surface area contributed by atoms with E-state index in [4.69, 9.17) is 4.74 Å². The van der Waals surface area contributed by atoms with Crippen molar-refractivity contribution in [3.8, 4) is 5.75 Å². The molecule has 0 aliphatic heterocycles. The summed E-state index contributed by atoms with van der Waals surface area (Å²) in [5.74, 6) is 1.09. The molecule has 2 aromatic rings. The van der Waals surface area contributed by atoms with Crippen molar-refractivity contribution in [2.75, 3.05) is 12.4 Å². The van der Waals surface area contributed by atoms with Crippen LogP contribution in [0.3, 0.4) is 0 Å². The Labute approximate surface area is 130 Å². The van der Waals surface area contributed by atoms with E-state index in [2.05, 4.69) is 9.97 Å². The molecule has 0 spiro atoms. The van der Waals surface area contributed by atoms with E-state index >= 15 is 0 Å². The van der Waals surface area contributed by atoms with Gasteiger partial charge in [-0.25, -0.2) is 9.97 Å². The normalized spacial score (nSPS) is 11.4. The minimum absolute atomic E-state index is 0.244. The predicted molar refractivity (Wildman–Crippen MR) is 78.9 cm³/mol. The van der Waals surface area contributed by atoms with Gasteiger partial charge in [-0.15, -0.1) is 0 Å². The molecule has 0 radical (unpaired) electrons. The fourth-order valence-electron chi connectivity index (χ4n) is 1.68. The Morgan fingerprint density at radius 1 is 1.05 bits per heavy atom. The Balaban J connectivity index is 1.67. The van der Waals surface area contributed by atoms with Crippen LogP contribution in [0.2, 0.25) is 0 Å². The molecule has 0 aliphatic carbocycles. The minimum atomic E-state index is -4.34. The van der Waals surface area contributed by atoms with E-state index in [0.29, 0.717) is 6.61 Å². The van der Waals surface area contributed by atoms with Gasteiger partial charge in [0.1, 0.15) is 5.75 Å². The van der Waals surface area contributed by atoms with Gasteiger partial charge >= 0.3 is 6.18 Å². The summed E-state index contributed by atoms with van der Waals surface area (Å²) >= 11 is 1.55. The first-order valence-electron chi connectivity index (χ1n) is 6.75. The summed E-state index contributed by atoms with van der Waals surface area (Å²) in [6.07, 6.45) is 0.668. The van der Waals surface area contributed by atoms with E-state index in [0.717, 1.165) is 35.9 Å². The van der Waals surface area contributed by atoms with Crippen molar-refractivity contribution in [1.82, 2.24) is 9.97 Å². The summed E-state index contributed by atoms with van der Waals surface area (Å²) in [5.41, 5.74) is -0.693. The lowest BCUT2D eigenvalue weighted by molar-refractivity contribution is -0.137. The second-order valence-electron chi connectivity index (χ2n) is 4.46. The number of unbranched alkanes of at least 4 members (excludes halogenated alkanes) is 1. The molecular formula is C15H15F3N2OS. The quantitative estimate of drug-likeness (QED) is 0.427. The van der Waals surface area contributed by atoms with E-state index in [1.165, 1.54) is 12.1 Å². The van der Waals surface area contributed by atoms with Crippen LogP contribution in [0.1, 0.15) is 18.4 Å². The monoisotopic (exact) mass is 328 g/mol. The highest BCUT2D eigenvalue weighted by Gasteiger charge is 2.30. The molecule has 22 heavy (non-hydrogen) atoms. The van der Waals surface area contributed by atoms with Gasteiger partial charge in [0, 0.05) is 18.1 Å². The fraction of sp³-hybridized carbons (Fsp3) is 0.333. The number of benzene rings is 1. The number of hydrogen-bond acceptors (Lipinski definition) is 4. The van der Waals surface area contributed by atoms with Crippen molar-refractivity contribution in [2.24, 2.45) is 0 Å². The molecule has 0 saturated carbocycles. The average molecular weight is 328 g/mol. The van der Waals surface area contributed by atoms with Gasteiger partial charge in [0.05, 0.1) is 12.2 Å². The zero-order chi connectivity index (χ0) is 15.8. The smallest absolute Gasteiger partial charge is 0.416 e. The molecule has 0 unspecified atom stereocenters. The van der Waals surface area contributed by atoms with Gasteiger partial charge in [0.15, 0.2) is 5.16 Å². The molecule has 0 saturated heterocycles. The minimum Gasteiger partial charge on any atom is -0.494 e. The van der Waals surface area contributed by atoms with Gasteiger partial charge in [0.2, 0.25) is 0 Å². The molecule has 0 fully saturated rings. The van der Waals surface area contributed by atoms with Crippen molar-refractivity contribution in [3.63, 3.8) is 0 Å². The Hall–Kier alpha value is -1.76.